The molecule has 0 saturated carbocycles. The second-order valence-electron chi connectivity index (χ2n) is 5.07. The third-order valence-electron chi connectivity index (χ3n) is 2.45. The normalized spacial score (nSPS) is 13.2. The van der Waals surface area contributed by atoms with Crippen molar-refractivity contribution < 1.29 is 4.79 Å². The van der Waals surface area contributed by atoms with E-state index in [2.05, 4.69) is 15.3 Å². The van der Waals surface area contributed by atoms with Crippen LogP contribution in [0.2, 0.25) is 10.4 Å². The molecule has 0 aromatic carbocycles. The number of halogens is 2. The van der Waals surface area contributed by atoms with Gasteiger partial charge in [-0.05, 0) is 17.0 Å². The van der Waals surface area contributed by atoms with Gasteiger partial charge in [-0.25, -0.2) is 9.97 Å². The van der Waals surface area contributed by atoms with Crippen LogP contribution >= 0.6 is 23.2 Å². The van der Waals surface area contributed by atoms with Gasteiger partial charge in [-0.2, -0.15) is 0 Å². The van der Waals surface area contributed by atoms with Gasteiger partial charge in [-0.1, -0.05) is 32.4 Å². The van der Waals surface area contributed by atoms with Crippen LogP contribution in [0.15, 0.2) is 6.07 Å². The highest BCUT2D eigenvalue weighted by molar-refractivity contribution is 6.32. The Morgan fingerprint density at radius 1 is 1.44 bits per heavy atom. The van der Waals surface area contributed by atoms with E-state index in [9.17, 15) is 4.79 Å². The van der Waals surface area contributed by atoms with Crippen molar-refractivity contribution in [1.82, 2.24) is 9.97 Å². The smallest absolute Gasteiger partial charge is 0.227 e. The minimum Gasteiger partial charge on any atom is -0.327 e. The Kier molecular flexibility index (Phi) is 4.90. The standard InChI is InChI=1S/C11H16Cl2N4O/c1-11(2,3)6(14)4-9(18)16-8-5-7(12)15-10(13)17-8/h5-6H,4,14H2,1-3H3,(H,15,16,17,18). The van der Waals surface area contributed by atoms with E-state index in [-0.39, 0.29) is 40.0 Å². The molecule has 5 nitrogen and oxygen atoms in total. The second-order valence-corrected chi connectivity index (χ2v) is 5.80. The van der Waals surface area contributed by atoms with Crippen molar-refractivity contribution in [3.05, 3.63) is 16.5 Å². The highest BCUT2D eigenvalue weighted by atomic mass is 35.5. The van der Waals surface area contributed by atoms with Crippen LogP contribution in [0, 0.1) is 5.41 Å². The molecule has 18 heavy (non-hydrogen) atoms. The summed E-state index contributed by atoms with van der Waals surface area (Å²) < 4.78 is 0. The van der Waals surface area contributed by atoms with Crippen LogP contribution in [-0.4, -0.2) is 21.9 Å². The zero-order chi connectivity index (χ0) is 13.9. The number of hydrogen-bond acceptors (Lipinski definition) is 4. The molecule has 3 N–H and O–H groups in total. The van der Waals surface area contributed by atoms with Gasteiger partial charge in [-0.3, -0.25) is 4.79 Å². The number of carbonyl (C=O) groups is 1. The molecule has 0 aliphatic rings. The summed E-state index contributed by atoms with van der Waals surface area (Å²) in [5, 5.41) is 2.74. The minimum atomic E-state index is -0.245. The SMILES string of the molecule is CC(C)(C)C(N)CC(=O)Nc1cc(Cl)nc(Cl)n1. The first-order chi connectivity index (χ1) is 8.18. The predicted molar refractivity (Wildman–Crippen MR) is 72.7 cm³/mol. The van der Waals surface area contributed by atoms with Gasteiger partial charge in [0.1, 0.15) is 11.0 Å². The van der Waals surface area contributed by atoms with E-state index in [0.717, 1.165) is 0 Å². The van der Waals surface area contributed by atoms with Gasteiger partial charge in [0.2, 0.25) is 11.2 Å². The van der Waals surface area contributed by atoms with Gasteiger partial charge in [0.05, 0.1) is 0 Å². The van der Waals surface area contributed by atoms with Gasteiger partial charge in [-0.15, -0.1) is 0 Å². The second kappa shape index (κ2) is 5.82. The minimum absolute atomic E-state index is 0.0158. The van der Waals surface area contributed by atoms with Crippen LogP contribution < -0.4 is 11.1 Å². The Labute approximate surface area is 116 Å². The lowest BCUT2D eigenvalue weighted by molar-refractivity contribution is -0.117. The summed E-state index contributed by atoms with van der Waals surface area (Å²) in [5.41, 5.74) is 5.78. The molecular formula is C11H16Cl2N4O. The molecule has 1 rings (SSSR count). The van der Waals surface area contributed by atoms with Crippen LogP contribution in [-0.2, 0) is 4.79 Å². The highest BCUT2D eigenvalue weighted by Crippen LogP contribution is 2.20. The first-order valence-corrected chi connectivity index (χ1v) is 6.19. The molecule has 0 aliphatic carbocycles. The quantitative estimate of drug-likeness (QED) is 0.662. The molecule has 0 aliphatic heterocycles. The van der Waals surface area contributed by atoms with Crippen LogP contribution in [0.5, 0.6) is 0 Å². The average Bonchev–Trinajstić information content (AvgIpc) is 2.13. The number of hydrogen-bond donors (Lipinski definition) is 2. The lowest BCUT2D eigenvalue weighted by Gasteiger charge is -2.26. The van der Waals surface area contributed by atoms with E-state index in [1.807, 2.05) is 20.8 Å². The monoisotopic (exact) mass is 290 g/mol. The zero-order valence-electron chi connectivity index (χ0n) is 10.5. The number of nitrogens with zero attached hydrogens (tertiary/aromatic N) is 2. The molecule has 1 aromatic heterocycles. The fourth-order valence-electron chi connectivity index (χ4n) is 1.15. The molecule has 1 atom stereocenters. The molecular weight excluding hydrogens is 275 g/mol. The Morgan fingerprint density at radius 2 is 2.06 bits per heavy atom. The van der Waals surface area contributed by atoms with Crippen molar-refractivity contribution in [2.75, 3.05) is 5.32 Å². The van der Waals surface area contributed by atoms with Gasteiger partial charge < -0.3 is 11.1 Å². The lowest BCUT2D eigenvalue weighted by atomic mass is 9.85. The number of aromatic nitrogens is 2. The van der Waals surface area contributed by atoms with Gasteiger partial charge in [0.25, 0.3) is 0 Å². The molecule has 100 valence electrons. The first-order valence-electron chi connectivity index (χ1n) is 5.44. The van der Waals surface area contributed by atoms with Crippen LogP contribution in [0.3, 0.4) is 0 Å². The molecule has 1 heterocycles. The Morgan fingerprint density at radius 3 is 2.56 bits per heavy atom. The maximum absolute atomic E-state index is 11.8. The highest BCUT2D eigenvalue weighted by Gasteiger charge is 2.23. The van der Waals surface area contributed by atoms with Crippen LogP contribution in [0.4, 0.5) is 5.82 Å². The topological polar surface area (TPSA) is 80.9 Å². The van der Waals surface area contributed by atoms with Gasteiger partial charge in [0, 0.05) is 18.5 Å². The number of anilines is 1. The van der Waals surface area contributed by atoms with Gasteiger partial charge >= 0.3 is 0 Å². The van der Waals surface area contributed by atoms with Crippen LogP contribution in [0.25, 0.3) is 0 Å². The molecule has 0 spiro atoms. The maximum atomic E-state index is 11.8. The Bertz CT molecular complexity index is 425. The molecule has 0 radical (unpaired) electrons. The third-order valence-corrected chi connectivity index (χ3v) is 2.82. The molecule has 1 amide bonds. The lowest BCUT2D eigenvalue weighted by Crippen LogP contribution is -2.38. The fraction of sp³-hybridized carbons (Fsp3) is 0.545. The van der Waals surface area contributed by atoms with E-state index in [1.165, 1.54) is 6.07 Å². The summed E-state index contributed by atoms with van der Waals surface area (Å²) in [6.07, 6.45) is 0.197. The number of nitrogens with one attached hydrogen (secondary N) is 1. The van der Waals surface area contributed by atoms with E-state index < -0.39 is 0 Å². The number of amides is 1. The predicted octanol–water partition coefficient (Wildman–Crippen LogP) is 2.49. The summed E-state index contributed by atoms with van der Waals surface area (Å²) >= 11 is 11.3. The largest absolute Gasteiger partial charge is 0.327 e. The molecule has 1 unspecified atom stereocenters. The number of carbonyl (C=O) groups excluding carboxylic acids is 1. The zero-order valence-corrected chi connectivity index (χ0v) is 12.0. The van der Waals surface area contributed by atoms with Crippen LogP contribution in [0.1, 0.15) is 27.2 Å². The number of rotatable bonds is 3. The summed E-state index contributed by atoms with van der Waals surface area (Å²) in [7, 11) is 0. The molecule has 0 bridgehead atoms. The van der Waals surface area contributed by atoms with Crippen molar-refractivity contribution in [2.45, 2.75) is 33.2 Å². The molecule has 0 fully saturated rings. The Balaban J connectivity index is 2.65. The molecule has 0 saturated heterocycles. The van der Waals surface area contributed by atoms with E-state index in [1.54, 1.807) is 0 Å². The number of nitrogens with two attached hydrogens (primary N) is 1. The Hall–Kier alpha value is -0.910. The third kappa shape index (κ3) is 4.76. The van der Waals surface area contributed by atoms with E-state index in [0.29, 0.717) is 0 Å². The van der Waals surface area contributed by atoms with Gasteiger partial charge in [0.15, 0.2) is 0 Å². The van der Waals surface area contributed by atoms with Crippen molar-refractivity contribution >= 4 is 34.9 Å². The first kappa shape index (κ1) is 15.1. The maximum Gasteiger partial charge on any atom is 0.227 e. The summed E-state index contributed by atoms with van der Waals surface area (Å²) in [5.74, 6) is 0.0365. The molecule has 1 aromatic rings. The van der Waals surface area contributed by atoms with Crippen molar-refractivity contribution in [2.24, 2.45) is 11.1 Å². The van der Waals surface area contributed by atoms with Crippen molar-refractivity contribution in [3.63, 3.8) is 0 Å². The summed E-state index contributed by atoms with van der Waals surface area (Å²) in [6.45, 7) is 5.93. The fourth-order valence-corrected chi connectivity index (χ4v) is 1.56. The average molecular weight is 291 g/mol. The van der Waals surface area contributed by atoms with E-state index >= 15 is 0 Å². The molecule has 7 heteroatoms. The summed E-state index contributed by atoms with van der Waals surface area (Å²) in [6, 6.07) is 1.18. The summed E-state index contributed by atoms with van der Waals surface area (Å²) in [4.78, 5) is 19.3. The van der Waals surface area contributed by atoms with Crippen molar-refractivity contribution in [1.29, 1.82) is 0 Å². The van der Waals surface area contributed by atoms with E-state index in [4.69, 9.17) is 28.9 Å². The van der Waals surface area contributed by atoms with Crippen molar-refractivity contribution in [3.8, 4) is 0 Å².